The van der Waals surface area contributed by atoms with Gasteiger partial charge >= 0.3 is 0 Å². The van der Waals surface area contributed by atoms with Gasteiger partial charge < -0.3 is 21.1 Å². The number of rotatable bonds is 6. The van der Waals surface area contributed by atoms with E-state index >= 15 is 0 Å². The maximum atomic E-state index is 6.00. The fourth-order valence-corrected chi connectivity index (χ4v) is 3.36. The third-order valence-corrected chi connectivity index (χ3v) is 4.79. The Hall–Kier alpha value is -2.87. The lowest BCUT2D eigenvalue weighted by Gasteiger charge is -2.26. The van der Waals surface area contributed by atoms with Gasteiger partial charge in [-0.3, -0.25) is 0 Å². The van der Waals surface area contributed by atoms with Gasteiger partial charge in [-0.25, -0.2) is 9.50 Å². The minimum absolute atomic E-state index is 0.317. The summed E-state index contributed by atoms with van der Waals surface area (Å²) < 4.78 is 7.23. The summed E-state index contributed by atoms with van der Waals surface area (Å²) in [6, 6.07) is 8.45. The van der Waals surface area contributed by atoms with Gasteiger partial charge in [0.05, 0.1) is 6.61 Å². The van der Waals surface area contributed by atoms with Crippen molar-refractivity contribution in [2.24, 2.45) is 5.73 Å². The second kappa shape index (κ2) is 7.79. The van der Waals surface area contributed by atoms with Gasteiger partial charge in [-0.1, -0.05) is 0 Å². The average Bonchev–Trinajstić information content (AvgIpc) is 3.14. The molecule has 0 spiro atoms. The van der Waals surface area contributed by atoms with Crippen molar-refractivity contribution in [1.29, 1.82) is 0 Å². The fraction of sp³-hybridized carbons (Fsp3) is 0.421. The highest BCUT2D eigenvalue weighted by molar-refractivity contribution is 5.70. The van der Waals surface area contributed by atoms with Crippen LogP contribution in [0.2, 0.25) is 0 Å². The molecule has 0 radical (unpaired) electrons. The zero-order valence-corrected chi connectivity index (χ0v) is 15.4. The van der Waals surface area contributed by atoms with E-state index in [0.29, 0.717) is 36.1 Å². The molecule has 2 aromatic heterocycles. The number of hydrogen-bond donors (Lipinski definition) is 3. The van der Waals surface area contributed by atoms with E-state index in [2.05, 4.69) is 25.7 Å². The van der Waals surface area contributed by atoms with Crippen molar-refractivity contribution in [1.82, 2.24) is 19.6 Å². The molecule has 4 rings (SSSR count). The molecule has 27 heavy (non-hydrogen) atoms. The number of fused-ring (bicyclic) bond motifs is 1. The summed E-state index contributed by atoms with van der Waals surface area (Å²) in [5.41, 5.74) is 7.59. The van der Waals surface area contributed by atoms with Crippen molar-refractivity contribution in [2.75, 3.05) is 17.2 Å². The van der Waals surface area contributed by atoms with Gasteiger partial charge in [0.1, 0.15) is 5.75 Å². The highest BCUT2D eigenvalue weighted by Crippen LogP contribution is 2.24. The van der Waals surface area contributed by atoms with Crippen LogP contribution in [0.3, 0.4) is 0 Å². The lowest BCUT2D eigenvalue weighted by atomic mass is 9.92. The van der Waals surface area contributed by atoms with Gasteiger partial charge in [0.15, 0.2) is 11.5 Å². The molecule has 8 heteroatoms. The predicted molar refractivity (Wildman–Crippen MR) is 106 cm³/mol. The van der Waals surface area contributed by atoms with Crippen LogP contribution in [0.5, 0.6) is 5.75 Å². The van der Waals surface area contributed by atoms with E-state index in [1.807, 2.05) is 37.4 Å². The molecule has 4 N–H and O–H groups in total. The number of hydrogen-bond acceptors (Lipinski definition) is 7. The number of nitrogens with one attached hydrogen (secondary N) is 2. The van der Waals surface area contributed by atoms with Gasteiger partial charge in [-0.2, -0.15) is 4.98 Å². The number of imidazole rings is 1. The summed E-state index contributed by atoms with van der Waals surface area (Å²) in [4.78, 5) is 9.03. The van der Waals surface area contributed by atoms with Gasteiger partial charge in [0.2, 0.25) is 5.95 Å². The van der Waals surface area contributed by atoms with Crippen LogP contribution in [0, 0.1) is 0 Å². The van der Waals surface area contributed by atoms with Gasteiger partial charge in [0, 0.05) is 30.2 Å². The molecule has 142 valence electrons. The van der Waals surface area contributed by atoms with Crippen molar-refractivity contribution in [3.63, 3.8) is 0 Å². The highest BCUT2D eigenvalue weighted by atomic mass is 16.5. The second-order valence-electron chi connectivity index (χ2n) is 6.82. The molecule has 0 unspecified atom stereocenters. The summed E-state index contributed by atoms with van der Waals surface area (Å²) in [7, 11) is 0. The Morgan fingerprint density at radius 1 is 1.19 bits per heavy atom. The van der Waals surface area contributed by atoms with E-state index < -0.39 is 0 Å². The molecule has 0 aliphatic heterocycles. The fourth-order valence-electron chi connectivity index (χ4n) is 3.36. The number of aromatic nitrogens is 4. The van der Waals surface area contributed by atoms with Crippen molar-refractivity contribution in [2.45, 2.75) is 44.7 Å². The zero-order chi connectivity index (χ0) is 18.6. The van der Waals surface area contributed by atoms with Gasteiger partial charge in [0.25, 0.3) is 0 Å². The van der Waals surface area contributed by atoms with Crippen LogP contribution >= 0.6 is 0 Å². The maximum Gasteiger partial charge on any atom is 0.243 e. The standard InChI is InChI=1S/C19H25N7O/c1-2-27-16-9-7-14(8-10-16)22-17-18-21-11-12-26(18)25-19(24-17)23-15-5-3-13(20)4-6-15/h7-13,15H,2-6,20H2,1H3,(H2,22,23,24,25). The quantitative estimate of drug-likeness (QED) is 0.615. The molecule has 0 amide bonds. The largest absolute Gasteiger partial charge is 0.494 e. The lowest BCUT2D eigenvalue weighted by molar-refractivity contribution is 0.340. The minimum atomic E-state index is 0.317. The molecule has 3 aromatic rings. The minimum Gasteiger partial charge on any atom is -0.494 e. The molecule has 1 aliphatic rings. The molecular weight excluding hydrogens is 342 g/mol. The monoisotopic (exact) mass is 367 g/mol. The highest BCUT2D eigenvalue weighted by Gasteiger charge is 2.20. The van der Waals surface area contributed by atoms with Gasteiger partial charge in [-0.05, 0) is 56.9 Å². The summed E-state index contributed by atoms with van der Waals surface area (Å²) >= 11 is 0. The predicted octanol–water partition coefficient (Wildman–Crippen LogP) is 2.95. The summed E-state index contributed by atoms with van der Waals surface area (Å²) in [6.45, 7) is 2.62. The first-order valence-electron chi connectivity index (χ1n) is 9.44. The number of nitrogens with zero attached hydrogens (tertiary/aromatic N) is 4. The van der Waals surface area contributed by atoms with Crippen molar-refractivity contribution in [3.05, 3.63) is 36.7 Å². The van der Waals surface area contributed by atoms with Crippen molar-refractivity contribution < 1.29 is 4.74 Å². The van der Waals surface area contributed by atoms with Crippen LogP contribution in [-0.2, 0) is 0 Å². The van der Waals surface area contributed by atoms with Crippen LogP contribution in [0.15, 0.2) is 36.7 Å². The smallest absolute Gasteiger partial charge is 0.243 e. The van der Waals surface area contributed by atoms with Crippen LogP contribution in [0.1, 0.15) is 32.6 Å². The van der Waals surface area contributed by atoms with E-state index in [1.54, 1.807) is 10.7 Å². The zero-order valence-electron chi connectivity index (χ0n) is 15.4. The van der Waals surface area contributed by atoms with E-state index in [4.69, 9.17) is 10.5 Å². The SMILES string of the molecule is CCOc1ccc(Nc2nc(NC3CCC(N)CC3)nn3ccnc23)cc1. The van der Waals surface area contributed by atoms with E-state index in [1.165, 1.54) is 0 Å². The molecule has 1 aromatic carbocycles. The average molecular weight is 367 g/mol. The Morgan fingerprint density at radius 2 is 1.96 bits per heavy atom. The Kier molecular flexibility index (Phi) is 5.06. The number of benzene rings is 1. The third-order valence-electron chi connectivity index (χ3n) is 4.79. The first-order valence-corrected chi connectivity index (χ1v) is 9.44. The number of anilines is 3. The molecule has 8 nitrogen and oxygen atoms in total. The molecule has 1 saturated carbocycles. The maximum absolute atomic E-state index is 6.00. The Morgan fingerprint density at radius 3 is 2.70 bits per heavy atom. The van der Waals surface area contributed by atoms with Crippen LogP contribution in [0.25, 0.3) is 5.65 Å². The molecule has 0 bridgehead atoms. The van der Waals surface area contributed by atoms with Gasteiger partial charge in [-0.15, -0.1) is 5.10 Å². The van der Waals surface area contributed by atoms with Crippen molar-refractivity contribution in [3.8, 4) is 5.75 Å². The molecule has 1 aliphatic carbocycles. The Labute approximate surface area is 158 Å². The summed E-state index contributed by atoms with van der Waals surface area (Å²) in [6.07, 6.45) is 7.67. The lowest BCUT2D eigenvalue weighted by Crippen LogP contribution is -2.33. The van der Waals surface area contributed by atoms with Crippen molar-refractivity contribution >= 4 is 23.1 Å². The molecule has 1 fully saturated rings. The number of nitrogens with two attached hydrogens (primary N) is 1. The van der Waals surface area contributed by atoms with E-state index in [0.717, 1.165) is 37.1 Å². The second-order valence-corrected chi connectivity index (χ2v) is 6.82. The first-order chi connectivity index (χ1) is 13.2. The van der Waals surface area contributed by atoms with Crippen LogP contribution in [-0.4, -0.2) is 38.3 Å². The third kappa shape index (κ3) is 4.11. The molecule has 0 saturated heterocycles. The van der Waals surface area contributed by atoms with Crippen LogP contribution < -0.4 is 21.1 Å². The number of ether oxygens (including phenoxy) is 1. The Balaban J connectivity index is 1.55. The topological polar surface area (TPSA) is 102 Å². The molecule has 2 heterocycles. The normalized spacial score (nSPS) is 19.8. The Bertz CT molecular complexity index is 885. The van der Waals surface area contributed by atoms with E-state index in [-0.39, 0.29) is 0 Å². The first kappa shape index (κ1) is 17.5. The molecular formula is C19H25N7O. The summed E-state index contributed by atoms with van der Waals surface area (Å²) in [5, 5.41) is 11.3. The summed E-state index contributed by atoms with van der Waals surface area (Å²) in [5.74, 6) is 2.10. The van der Waals surface area contributed by atoms with E-state index in [9.17, 15) is 0 Å². The molecule has 0 atom stereocenters. The van der Waals surface area contributed by atoms with Crippen LogP contribution in [0.4, 0.5) is 17.5 Å².